The van der Waals surface area contributed by atoms with Gasteiger partial charge in [0.1, 0.15) is 0 Å². The zero-order valence-electron chi connectivity index (χ0n) is 14.0. The first-order valence-electron chi connectivity index (χ1n) is 8.21. The Morgan fingerprint density at radius 3 is 2.62 bits per heavy atom. The summed E-state index contributed by atoms with van der Waals surface area (Å²) < 4.78 is 3.03. The quantitative estimate of drug-likeness (QED) is 0.881. The van der Waals surface area contributed by atoms with Crippen LogP contribution < -0.4 is 0 Å². The summed E-state index contributed by atoms with van der Waals surface area (Å²) in [6.07, 6.45) is 4.87. The van der Waals surface area contributed by atoms with Crippen LogP contribution in [0.1, 0.15) is 58.3 Å². The molecule has 3 nitrogen and oxygen atoms in total. The summed E-state index contributed by atoms with van der Waals surface area (Å²) in [6.45, 7) is 8.85. The van der Waals surface area contributed by atoms with Crippen LogP contribution in [0.15, 0.2) is 4.47 Å². The maximum Gasteiger partial charge on any atom is 0.0766 e. The third kappa shape index (κ3) is 3.37. The van der Waals surface area contributed by atoms with Gasteiger partial charge in [0.15, 0.2) is 0 Å². The van der Waals surface area contributed by atoms with Crippen LogP contribution >= 0.6 is 15.9 Å². The van der Waals surface area contributed by atoms with Crippen LogP contribution in [0.3, 0.4) is 0 Å². The predicted molar refractivity (Wildman–Crippen MR) is 90.3 cm³/mol. The van der Waals surface area contributed by atoms with Crippen LogP contribution in [-0.4, -0.2) is 20.5 Å². The minimum atomic E-state index is -0.604. The molecule has 4 heteroatoms. The average molecular weight is 357 g/mol. The molecule has 21 heavy (non-hydrogen) atoms. The lowest BCUT2D eigenvalue weighted by molar-refractivity contribution is -0.0806. The van der Waals surface area contributed by atoms with Crippen molar-refractivity contribution in [1.29, 1.82) is 0 Å². The van der Waals surface area contributed by atoms with E-state index in [0.29, 0.717) is 24.2 Å². The van der Waals surface area contributed by atoms with E-state index in [9.17, 15) is 5.11 Å². The molecule has 120 valence electrons. The molecule has 3 atom stereocenters. The third-order valence-corrected chi connectivity index (χ3v) is 6.06. The minimum Gasteiger partial charge on any atom is -0.389 e. The molecule has 1 aliphatic rings. The largest absolute Gasteiger partial charge is 0.389 e. The van der Waals surface area contributed by atoms with Crippen molar-refractivity contribution in [2.75, 3.05) is 0 Å². The van der Waals surface area contributed by atoms with E-state index in [1.54, 1.807) is 0 Å². The fourth-order valence-electron chi connectivity index (χ4n) is 4.05. The van der Waals surface area contributed by atoms with Gasteiger partial charge < -0.3 is 5.11 Å². The highest BCUT2D eigenvalue weighted by atomic mass is 79.9. The predicted octanol–water partition coefficient (Wildman–Crippen LogP) is 4.11. The molecule has 0 saturated heterocycles. The van der Waals surface area contributed by atoms with Crippen LogP contribution in [-0.2, 0) is 19.9 Å². The van der Waals surface area contributed by atoms with Crippen LogP contribution in [0.5, 0.6) is 0 Å². The molecule has 1 fully saturated rings. The van der Waals surface area contributed by atoms with Crippen LogP contribution in [0.4, 0.5) is 0 Å². The fraction of sp³-hybridized carbons (Fsp3) is 0.824. The number of aryl methyl sites for hydroxylation is 2. The summed E-state index contributed by atoms with van der Waals surface area (Å²) in [5.41, 5.74) is 1.61. The first-order chi connectivity index (χ1) is 9.78. The maximum absolute atomic E-state index is 11.4. The van der Waals surface area contributed by atoms with Crippen molar-refractivity contribution in [3.63, 3.8) is 0 Å². The van der Waals surface area contributed by atoms with Crippen molar-refractivity contribution in [2.45, 2.75) is 65.4 Å². The van der Waals surface area contributed by atoms with Crippen molar-refractivity contribution >= 4 is 15.9 Å². The van der Waals surface area contributed by atoms with Gasteiger partial charge >= 0.3 is 0 Å². The van der Waals surface area contributed by atoms with Crippen molar-refractivity contribution < 1.29 is 5.11 Å². The molecule has 0 spiro atoms. The number of hydrogen-bond donors (Lipinski definition) is 1. The Morgan fingerprint density at radius 2 is 2.10 bits per heavy atom. The van der Waals surface area contributed by atoms with Gasteiger partial charge in [-0.15, -0.1) is 0 Å². The molecule has 1 aliphatic carbocycles. The molecule has 0 aromatic carbocycles. The number of aliphatic hydroxyl groups is 1. The molecule has 0 amide bonds. The Balaban J connectivity index is 2.32. The van der Waals surface area contributed by atoms with E-state index < -0.39 is 5.60 Å². The van der Waals surface area contributed by atoms with Gasteiger partial charge in [-0.1, -0.05) is 34.1 Å². The number of hydrogen-bond acceptors (Lipinski definition) is 2. The molecule has 1 aromatic heterocycles. The third-order valence-electron chi connectivity index (χ3n) is 5.14. The highest BCUT2D eigenvalue weighted by Crippen LogP contribution is 2.43. The Labute approximate surface area is 137 Å². The van der Waals surface area contributed by atoms with E-state index in [0.717, 1.165) is 35.1 Å². The smallest absolute Gasteiger partial charge is 0.0766 e. The number of rotatable bonds is 4. The van der Waals surface area contributed by atoms with Gasteiger partial charge in [0, 0.05) is 13.5 Å². The topological polar surface area (TPSA) is 38.0 Å². The number of nitrogens with zero attached hydrogens (tertiary/aromatic N) is 2. The fourth-order valence-corrected chi connectivity index (χ4v) is 4.80. The second kappa shape index (κ2) is 6.41. The van der Waals surface area contributed by atoms with Gasteiger partial charge in [0.2, 0.25) is 0 Å². The molecule has 1 aromatic rings. The molecule has 1 saturated carbocycles. The molecule has 0 aliphatic heterocycles. The Hall–Kier alpha value is -0.350. The van der Waals surface area contributed by atoms with Crippen LogP contribution in [0, 0.1) is 17.8 Å². The SMILES string of the molecule is CCc1nn(C)c(CC2(O)CC(C)CCC2C(C)C)c1Br. The van der Waals surface area contributed by atoms with Gasteiger partial charge in [-0.2, -0.15) is 5.10 Å². The second-order valence-electron chi connectivity index (χ2n) is 7.20. The lowest BCUT2D eigenvalue weighted by Crippen LogP contribution is -2.47. The zero-order chi connectivity index (χ0) is 15.8. The highest BCUT2D eigenvalue weighted by Gasteiger charge is 2.43. The maximum atomic E-state index is 11.4. The van der Waals surface area contributed by atoms with E-state index >= 15 is 0 Å². The summed E-state index contributed by atoms with van der Waals surface area (Å²) >= 11 is 3.69. The van der Waals surface area contributed by atoms with E-state index in [1.807, 2.05) is 11.7 Å². The lowest BCUT2D eigenvalue weighted by atomic mass is 9.65. The summed E-state index contributed by atoms with van der Waals surface area (Å²) in [6, 6.07) is 0. The number of aromatic nitrogens is 2. The first kappa shape index (κ1) is 17.0. The Morgan fingerprint density at radius 1 is 1.43 bits per heavy atom. The molecular weight excluding hydrogens is 328 g/mol. The molecule has 1 N–H and O–H groups in total. The lowest BCUT2D eigenvalue weighted by Gasteiger charge is -2.45. The first-order valence-corrected chi connectivity index (χ1v) is 9.00. The normalized spacial score (nSPS) is 30.1. The molecule has 1 heterocycles. The van der Waals surface area contributed by atoms with Crippen LogP contribution in [0.25, 0.3) is 0 Å². The zero-order valence-corrected chi connectivity index (χ0v) is 15.6. The molecule has 0 bridgehead atoms. The second-order valence-corrected chi connectivity index (χ2v) is 8.00. The molecule has 2 rings (SSSR count). The summed E-state index contributed by atoms with van der Waals surface area (Å²) in [5, 5.41) is 16.0. The molecule has 3 unspecified atom stereocenters. The van der Waals surface area contributed by atoms with Crippen LogP contribution in [0.2, 0.25) is 0 Å². The summed E-state index contributed by atoms with van der Waals surface area (Å²) in [5.74, 6) is 1.49. The monoisotopic (exact) mass is 356 g/mol. The molecular formula is C17H29BrN2O. The molecule has 0 radical (unpaired) electrons. The van der Waals surface area contributed by atoms with Crippen molar-refractivity contribution in [3.8, 4) is 0 Å². The van der Waals surface area contributed by atoms with E-state index in [2.05, 4.69) is 48.7 Å². The van der Waals surface area contributed by atoms with Gasteiger partial charge in [0.25, 0.3) is 0 Å². The van der Waals surface area contributed by atoms with E-state index in [-0.39, 0.29) is 0 Å². The number of halogens is 1. The van der Waals surface area contributed by atoms with Crippen molar-refractivity contribution in [2.24, 2.45) is 24.8 Å². The van der Waals surface area contributed by atoms with Gasteiger partial charge in [-0.25, -0.2) is 0 Å². The van der Waals surface area contributed by atoms with Gasteiger partial charge in [-0.05, 0) is 52.9 Å². The summed E-state index contributed by atoms with van der Waals surface area (Å²) in [4.78, 5) is 0. The minimum absolute atomic E-state index is 0.376. The standard InChI is InChI=1S/C17H29BrN2O/c1-6-14-16(18)15(20(5)19-14)10-17(21)9-12(4)7-8-13(17)11(2)3/h11-13,21H,6-10H2,1-5H3. The van der Waals surface area contributed by atoms with Crippen molar-refractivity contribution in [3.05, 3.63) is 15.9 Å². The summed E-state index contributed by atoms with van der Waals surface area (Å²) in [7, 11) is 1.99. The van der Waals surface area contributed by atoms with E-state index in [1.165, 1.54) is 6.42 Å². The Bertz CT molecular complexity index is 497. The van der Waals surface area contributed by atoms with Gasteiger partial charge in [-0.3, -0.25) is 4.68 Å². The van der Waals surface area contributed by atoms with E-state index in [4.69, 9.17) is 0 Å². The Kier molecular flexibility index (Phi) is 5.19. The highest BCUT2D eigenvalue weighted by molar-refractivity contribution is 9.10. The van der Waals surface area contributed by atoms with Gasteiger partial charge in [0.05, 0.1) is 21.5 Å². The average Bonchev–Trinajstić information content (AvgIpc) is 2.65. The van der Waals surface area contributed by atoms with Crippen molar-refractivity contribution in [1.82, 2.24) is 9.78 Å².